The number of hydrogen-bond acceptors (Lipinski definition) is 1. The van der Waals surface area contributed by atoms with Gasteiger partial charge in [0.05, 0.1) is 0 Å². The summed E-state index contributed by atoms with van der Waals surface area (Å²) in [5.74, 6) is -0.988. The molecule has 96 valence electrons. The van der Waals surface area contributed by atoms with E-state index >= 15 is 0 Å². The maximum atomic E-state index is 12.9. The van der Waals surface area contributed by atoms with Crippen molar-refractivity contribution in [2.24, 2.45) is 0 Å². The minimum atomic E-state index is -1.49. The van der Waals surface area contributed by atoms with Crippen LogP contribution in [-0.2, 0) is 10.8 Å². The van der Waals surface area contributed by atoms with Crippen molar-refractivity contribution in [3.8, 4) is 0 Å². The number of rotatable bonds is 6. The van der Waals surface area contributed by atoms with Crippen molar-refractivity contribution in [1.82, 2.24) is 0 Å². The fourth-order valence-electron chi connectivity index (χ4n) is 1.74. The SMILES string of the molecule is CO[Si](C)(C)CCCCc1cc(F)cc(F)c1. The van der Waals surface area contributed by atoms with Gasteiger partial charge in [0.2, 0.25) is 0 Å². The highest BCUT2D eigenvalue weighted by atomic mass is 28.4. The number of aryl methyl sites for hydroxylation is 1. The molecule has 0 radical (unpaired) electrons. The zero-order chi connectivity index (χ0) is 12.9. The fraction of sp³-hybridized carbons (Fsp3) is 0.538. The molecule has 0 amide bonds. The van der Waals surface area contributed by atoms with Gasteiger partial charge in [-0.3, -0.25) is 0 Å². The number of benzene rings is 1. The summed E-state index contributed by atoms with van der Waals surface area (Å²) in [6.45, 7) is 4.35. The molecular formula is C13H20F2OSi. The molecule has 1 aromatic carbocycles. The molecule has 0 aromatic heterocycles. The lowest BCUT2D eigenvalue weighted by atomic mass is 10.1. The van der Waals surface area contributed by atoms with Crippen LogP contribution >= 0.6 is 0 Å². The molecule has 0 saturated heterocycles. The molecule has 0 heterocycles. The Kier molecular flexibility index (Phi) is 5.27. The average Bonchev–Trinajstić information content (AvgIpc) is 2.23. The van der Waals surface area contributed by atoms with Crippen LogP contribution in [0.25, 0.3) is 0 Å². The first-order valence-electron chi connectivity index (χ1n) is 5.93. The number of unbranched alkanes of at least 4 members (excludes halogenated alkanes) is 1. The first kappa shape index (κ1) is 14.3. The highest BCUT2D eigenvalue weighted by Crippen LogP contribution is 2.16. The molecule has 1 nitrogen and oxygen atoms in total. The van der Waals surface area contributed by atoms with Gasteiger partial charge in [0, 0.05) is 13.2 Å². The Morgan fingerprint density at radius 2 is 1.65 bits per heavy atom. The van der Waals surface area contributed by atoms with Gasteiger partial charge < -0.3 is 4.43 Å². The zero-order valence-electron chi connectivity index (χ0n) is 10.7. The van der Waals surface area contributed by atoms with Crippen molar-refractivity contribution in [3.63, 3.8) is 0 Å². The third-order valence-electron chi connectivity index (χ3n) is 2.97. The van der Waals surface area contributed by atoms with Gasteiger partial charge in [0.15, 0.2) is 8.32 Å². The Labute approximate surface area is 103 Å². The summed E-state index contributed by atoms with van der Waals surface area (Å²) < 4.78 is 31.3. The molecule has 0 aliphatic carbocycles. The lowest BCUT2D eigenvalue weighted by molar-refractivity contribution is 0.401. The van der Waals surface area contributed by atoms with Crippen LogP contribution in [0.15, 0.2) is 18.2 Å². The Hall–Kier alpha value is -0.743. The maximum Gasteiger partial charge on any atom is 0.186 e. The average molecular weight is 258 g/mol. The van der Waals surface area contributed by atoms with E-state index in [-0.39, 0.29) is 0 Å². The summed E-state index contributed by atoms with van der Waals surface area (Å²) in [6, 6.07) is 4.80. The van der Waals surface area contributed by atoms with Crippen molar-refractivity contribution in [3.05, 3.63) is 35.4 Å². The summed E-state index contributed by atoms with van der Waals surface area (Å²) >= 11 is 0. The summed E-state index contributed by atoms with van der Waals surface area (Å²) in [5.41, 5.74) is 0.736. The van der Waals surface area contributed by atoms with Gasteiger partial charge in [0.25, 0.3) is 0 Å². The molecule has 0 fully saturated rings. The smallest absolute Gasteiger partial charge is 0.186 e. The van der Waals surface area contributed by atoms with E-state index in [9.17, 15) is 8.78 Å². The van der Waals surface area contributed by atoms with Crippen molar-refractivity contribution >= 4 is 8.32 Å². The Morgan fingerprint density at radius 1 is 1.06 bits per heavy atom. The highest BCUT2D eigenvalue weighted by molar-refractivity contribution is 6.71. The lowest BCUT2D eigenvalue weighted by Crippen LogP contribution is -2.27. The molecule has 0 atom stereocenters. The van der Waals surface area contributed by atoms with E-state index in [0.717, 1.165) is 36.9 Å². The van der Waals surface area contributed by atoms with Crippen molar-refractivity contribution < 1.29 is 13.2 Å². The number of hydrogen-bond donors (Lipinski definition) is 0. The van der Waals surface area contributed by atoms with E-state index < -0.39 is 20.0 Å². The Morgan fingerprint density at radius 3 is 2.18 bits per heavy atom. The van der Waals surface area contributed by atoms with E-state index in [1.165, 1.54) is 12.1 Å². The molecule has 0 unspecified atom stereocenters. The van der Waals surface area contributed by atoms with Crippen LogP contribution in [0.5, 0.6) is 0 Å². The van der Waals surface area contributed by atoms with E-state index in [1.54, 1.807) is 7.11 Å². The van der Waals surface area contributed by atoms with Crippen LogP contribution in [0.3, 0.4) is 0 Å². The number of halogens is 2. The third-order valence-corrected chi connectivity index (χ3v) is 5.63. The molecule has 1 rings (SSSR count). The second-order valence-electron chi connectivity index (χ2n) is 4.95. The largest absolute Gasteiger partial charge is 0.420 e. The molecule has 4 heteroatoms. The summed E-state index contributed by atoms with van der Waals surface area (Å²) in [6.07, 6.45) is 2.72. The summed E-state index contributed by atoms with van der Waals surface area (Å²) in [7, 11) is 0.273. The Bertz CT molecular complexity index is 346. The van der Waals surface area contributed by atoms with Crippen LogP contribution in [0.1, 0.15) is 18.4 Å². The quantitative estimate of drug-likeness (QED) is 0.550. The summed E-state index contributed by atoms with van der Waals surface area (Å²) in [4.78, 5) is 0. The molecule has 0 N–H and O–H groups in total. The molecule has 0 bridgehead atoms. The third kappa shape index (κ3) is 5.41. The Balaban J connectivity index is 2.36. The van der Waals surface area contributed by atoms with Crippen molar-refractivity contribution in [2.45, 2.75) is 38.4 Å². The predicted octanol–water partition coefficient (Wildman–Crippen LogP) is 4.14. The van der Waals surface area contributed by atoms with Crippen LogP contribution in [0.2, 0.25) is 19.1 Å². The van der Waals surface area contributed by atoms with Gasteiger partial charge in [0.1, 0.15) is 11.6 Å². The van der Waals surface area contributed by atoms with Gasteiger partial charge in [-0.1, -0.05) is 6.42 Å². The standard InChI is InChI=1S/C13H20F2OSi/c1-16-17(2,3)7-5-4-6-11-8-12(14)10-13(15)9-11/h8-10H,4-7H2,1-3H3. The molecule has 0 saturated carbocycles. The minimum absolute atomic E-state index is 0.494. The topological polar surface area (TPSA) is 9.23 Å². The van der Waals surface area contributed by atoms with Gasteiger partial charge in [-0.2, -0.15) is 0 Å². The predicted molar refractivity (Wildman–Crippen MR) is 68.6 cm³/mol. The second-order valence-corrected chi connectivity index (χ2v) is 9.38. The monoisotopic (exact) mass is 258 g/mol. The molecule has 0 spiro atoms. The van der Waals surface area contributed by atoms with Crippen LogP contribution < -0.4 is 0 Å². The van der Waals surface area contributed by atoms with Crippen LogP contribution in [-0.4, -0.2) is 15.4 Å². The van der Waals surface area contributed by atoms with Crippen molar-refractivity contribution in [2.75, 3.05) is 7.11 Å². The molecule has 0 aliphatic heterocycles. The van der Waals surface area contributed by atoms with Gasteiger partial charge in [-0.05, 0) is 49.7 Å². The van der Waals surface area contributed by atoms with Crippen molar-refractivity contribution in [1.29, 1.82) is 0 Å². The minimum Gasteiger partial charge on any atom is -0.420 e. The molecule has 17 heavy (non-hydrogen) atoms. The normalized spacial score (nSPS) is 11.8. The highest BCUT2D eigenvalue weighted by Gasteiger charge is 2.19. The van der Waals surface area contributed by atoms with E-state index in [4.69, 9.17) is 4.43 Å². The molecular weight excluding hydrogens is 238 g/mol. The summed E-state index contributed by atoms with van der Waals surface area (Å²) in [5, 5.41) is 0. The fourth-order valence-corrected chi connectivity index (χ4v) is 3.04. The lowest BCUT2D eigenvalue weighted by Gasteiger charge is -2.19. The van der Waals surface area contributed by atoms with Gasteiger partial charge >= 0.3 is 0 Å². The van der Waals surface area contributed by atoms with E-state index in [2.05, 4.69) is 13.1 Å². The van der Waals surface area contributed by atoms with Crippen LogP contribution in [0, 0.1) is 11.6 Å². The first-order valence-corrected chi connectivity index (χ1v) is 9.04. The van der Waals surface area contributed by atoms with E-state index in [0.29, 0.717) is 0 Å². The molecule has 1 aromatic rings. The zero-order valence-corrected chi connectivity index (χ0v) is 11.7. The van der Waals surface area contributed by atoms with Gasteiger partial charge in [-0.25, -0.2) is 8.78 Å². The second kappa shape index (κ2) is 6.26. The maximum absolute atomic E-state index is 12.9. The van der Waals surface area contributed by atoms with E-state index in [1.807, 2.05) is 0 Å². The molecule has 0 aliphatic rings. The van der Waals surface area contributed by atoms with Crippen LogP contribution in [0.4, 0.5) is 8.78 Å². The first-order chi connectivity index (χ1) is 7.93. The van der Waals surface area contributed by atoms with Gasteiger partial charge in [-0.15, -0.1) is 0 Å².